The first-order valence-electron chi connectivity index (χ1n) is 8.14. The van der Waals surface area contributed by atoms with Crippen LogP contribution in [0.25, 0.3) is 0 Å². The van der Waals surface area contributed by atoms with E-state index in [1.54, 1.807) is 12.4 Å². The van der Waals surface area contributed by atoms with Crippen LogP contribution in [-0.2, 0) is 4.74 Å². The van der Waals surface area contributed by atoms with Crippen molar-refractivity contribution in [3.8, 4) is 0 Å². The number of hydrogen-bond donors (Lipinski definition) is 1. The number of aliphatic hydroxyl groups excluding tert-OH is 1. The molecule has 8 heteroatoms. The van der Waals surface area contributed by atoms with E-state index in [1.165, 1.54) is 10.8 Å². The predicted octanol–water partition coefficient (Wildman–Crippen LogP) is 1.64. The maximum Gasteiger partial charge on any atom is 0.351 e. The summed E-state index contributed by atoms with van der Waals surface area (Å²) in [6, 6.07) is 2.13. The van der Waals surface area contributed by atoms with Gasteiger partial charge in [0.2, 0.25) is 0 Å². The average Bonchev–Trinajstić information content (AvgIpc) is 2.87. The second-order valence-corrected chi connectivity index (χ2v) is 6.42. The largest absolute Gasteiger partial charge is 0.394 e. The summed E-state index contributed by atoms with van der Waals surface area (Å²) in [6.45, 7) is 7.81. The minimum absolute atomic E-state index is 0.0178. The smallest absolute Gasteiger partial charge is 0.351 e. The van der Waals surface area contributed by atoms with Crippen LogP contribution in [0.2, 0.25) is 0 Å². The molecule has 2 heterocycles. The molecular weight excluding hydrogens is 315 g/mol. The number of hydrogen-bond acceptors (Lipinski definition) is 5. The van der Waals surface area contributed by atoms with E-state index in [0.717, 1.165) is 0 Å². The Kier molecular flexibility index (Phi) is 6.06. The highest BCUT2D eigenvalue weighted by molar-refractivity contribution is 5.60. The number of alkyl halides is 1. The van der Waals surface area contributed by atoms with Crippen molar-refractivity contribution in [3.05, 3.63) is 22.7 Å². The second-order valence-electron chi connectivity index (χ2n) is 6.42. The molecule has 1 fully saturated rings. The fourth-order valence-electron chi connectivity index (χ4n) is 2.71. The van der Waals surface area contributed by atoms with Crippen molar-refractivity contribution in [2.75, 3.05) is 6.61 Å². The molecule has 1 aromatic rings. The maximum atomic E-state index is 13.6. The molecule has 3 atom stereocenters. The van der Waals surface area contributed by atoms with E-state index < -0.39 is 30.8 Å². The molecule has 24 heavy (non-hydrogen) atoms. The molecule has 0 amide bonds. The zero-order valence-corrected chi connectivity index (χ0v) is 14.5. The lowest BCUT2D eigenvalue weighted by Gasteiger charge is -2.27. The summed E-state index contributed by atoms with van der Waals surface area (Å²) in [5, 5.41) is 9.03. The SMILES string of the molecule is CC(C)N(C=Nc1ccn(C2CC(F)C(CO)O2)c(=O)n1)C(C)C. The normalized spacial score (nSPS) is 24.4. The van der Waals surface area contributed by atoms with Crippen LogP contribution in [-0.4, -0.2) is 56.9 Å². The minimum Gasteiger partial charge on any atom is -0.394 e. The number of aliphatic hydroxyl groups is 1. The summed E-state index contributed by atoms with van der Waals surface area (Å²) >= 11 is 0. The Balaban J connectivity index is 2.14. The molecule has 0 saturated carbocycles. The molecule has 2 rings (SSSR count). The topological polar surface area (TPSA) is 80.0 Å². The lowest BCUT2D eigenvalue weighted by molar-refractivity contribution is -0.0355. The molecule has 134 valence electrons. The van der Waals surface area contributed by atoms with Crippen LogP contribution >= 0.6 is 0 Å². The van der Waals surface area contributed by atoms with Gasteiger partial charge in [-0.1, -0.05) is 0 Å². The Labute approximate surface area is 140 Å². The van der Waals surface area contributed by atoms with Gasteiger partial charge in [0.15, 0.2) is 5.82 Å². The van der Waals surface area contributed by atoms with Crippen LogP contribution in [0.1, 0.15) is 40.3 Å². The van der Waals surface area contributed by atoms with Crippen molar-refractivity contribution in [1.82, 2.24) is 14.5 Å². The summed E-state index contributed by atoms with van der Waals surface area (Å²) in [5.74, 6) is 0.288. The first kappa shape index (κ1) is 18.5. The number of ether oxygens (including phenoxy) is 1. The Bertz CT molecular complexity index is 624. The molecular formula is C16H25FN4O3. The molecule has 1 aliphatic heterocycles. The Morgan fingerprint density at radius 1 is 1.50 bits per heavy atom. The number of halogens is 1. The molecule has 0 bridgehead atoms. The molecule has 1 aliphatic rings. The van der Waals surface area contributed by atoms with Crippen LogP contribution in [0.5, 0.6) is 0 Å². The van der Waals surface area contributed by atoms with Crippen LogP contribution in [0.15, 0.2) is 22.1 Å². The first-order chi connectivity index (χ1) is 11.3. The van der Waals surface area contributed by atoms with E-state index in [0.29, 0.717) is 0 Å². The zero-order valence-electron chi connectivity index (χ0n) is 14.5. The number of rotatable bonds is 6. The lowest BCUT2D eigenvalue weighted by atomic mass is 10.2. The molecule has 0 spiro atoms. The maximum absolute atomic E-state index is 13.6. The van der Waals surface area contributed by atoms with Crippen molar-refractivity contribution in [2.45, 2.75) is 64.7 Å². The molecule has 7 nitrogen and oxygen atoms in total. The Hall–Kier alpha value is -1.80. The van der Waals surface area contributed by atoms with Crippen LogP contribution in [0, 0.1) is 0 Å². The zero-order chi connectivity index (χ0) is 17.9. The fraction of sp³-hybridized carbons (Fsp3) is 0.688. The molecule has 1 saturated heterocycles. The van der Waals surface area contributed by atoms with Gasteiger partial charge in [-0.25, -0.2) is 14.2 Å². The molecule has 3 unspecified atom stereocenters. The van der Waals surface area contributed by atoms with Gasteiger partial charge in [0.05, 0.1) is 12.9 Å². The highest BCUT2D eigenvalue weighted by Crippen LogP contribution is 2.29. The lowest BCUT2D eigenvalue weighted by Crippen LogP contribution is -2.35. The van der Waals surface area contributed by atoms with E-state index in [1.807, 2.05) is 4.90 Å². The Morgan fingerprint density at radius 2 is 2.17 bits per heavy atom. The average molecular weight is 340 g/mol. The van der Waals surface area contributed by atoms with E-state index in [9.17, 15) is 9.18 Å². The van der Waals surface area contributed by atoms with Gasteiger partial charge in [-0.05, 0) is 33.8 Å². The van der Waals surface area contributed by atoms with Gasteiger partial charge < -0.3 is 14.7 Å². The van der Waals surface area contributed by atoms with Crippen LogP contribution < -0.4 is 5.69 Å². The van der Waals surface area contributed by atoms with Crippen molar-refractivity contribution in [1.29, 1.82) is 0 Å². The molecule has 1 N–H and O–H groups in total. The van der Waals surface area contributed by atoms with Gasteiger partial charge in [-0.2, -0.15) is 4.98 Å². The van der Waals surface area contributed by atoms with Gasteiger partial charge in [0.1, 0.15) is 18.5 Å². The second kappa shape index (κ2) is 7.85. The molecule has 0 aliphatic carbocycles. The van der Waals surface area contributed by atoms with E-state index >= 15 is 0 Å². The number of aromatic nitrogens is 2. The first-order valence-corrected chi connectivity index (χ1v) is 8.14. The third kappa shape index (κ3) is 4.18. The summed E-state index contributed by atoms with van der Waals surface area (Å²) in [5.41, 5.74) is -0.555. The minimum atomic E-state index is -1.30. The van der Waals surface area contributed by atoms with Gasteiger partial charge in [-0.3, -0.25) is 4.57 Å². The standard InChI is InChI=1S/C16H25FN4O3/c1-10(2)21(11(3)4)9-18-14-5-6-20(16(23)19-14)15-7-12(17)13(8-22)24-15/h5-6,9-13,15,22H,7-8H2,1-4H3. The molecule has 0 radical (unpaired) electrons. The summed E-state index contributed by atoms with van der Waals surface area (Å²) in [7, 11) is 0. The van der Waals surface area contributed by atoms with Gasteiger partial charge in [0, 0.05) is 24.7 Å². The summed E-state index contributed by atoms with van der Waals surface area (Å²) in [6.07, 6.45) is 0.240. The highest BCUT2D eigenvalue weighted by Gasteiger charge is 2.36. The van der Waals surface area contributed by atoms with Crippen molar-refractivity contribution >= 4 is 12.2 Å². The van der Waals surface area contributed by atoms with E-state index in [4.69, 9.17) is 9.84 Å². The fourth-order valence-corrected chi connectivity index (χ4v) is 2.71. The van der Waals surface area contributed by atoms with Crippen LogP contribution in [0.4, 0.5) is 10.2 Å². The number of aliphatic imine (C=N–C) groups is 1. The summed E-state index contributed by atoms with van der Waals surface area (Å²) < 4.78 is 20.2. The van der Waals surface area contributed by atoms with Crippen molar-refractivity contribution < 1.29 is 14.2 Å². The third-order valence-electron chi connectivity index (χ3n) is 3.98. The third-order valence-corrected chi connectivity index (χ3v) is 3.98. The van der Waals surface area contributed by atoms with Crippen molar-refractivity contribution in [3.63, 3.8) is 0 Å². The van der Waals surface area contributed by atoms with Crippen molar-refractivity contribution in [2.24, 2.45) is 4.99 Å². The quantitative estimate of drug-likeness (QED) is 0.629. The monoisotopic (exact) mass is 340 g/mol. The Morgan fingerprint density at radius 3 is 2.67 bits per heavy atom. The molecule has 1 aromatic heterocycles. The van der Waals surface area contributed by atoms with Gasteiger partial charge in [-0.15, -0.1) is 0 Å². The van der Waals surface area contributed by atoms with E-state index in [-0.39, 0.29) is 24.3 Å². The van der Waals surface area contributed by atoms with Gasteiger partial charge >= 0.3 is 5.69 Å². The summed E-state index contributed by atoms with van der Waals surface area (Å²) in [4.78, 5) is 22.3. The van der Waals surface area contributed by atoms with E-state index in [2.05, 4.69) is 37.7 Å². The number of nitrogens with zero attached hydrogens (tertiary/aromatic N) is 4. The predicted molar refractivity (Wildman–Crippen MR) is 89.3 cm³/mol. The molecule has 0 aromatic carbocycles. The van der Waals surface area contributed by atoms with Crippen LogP contribution in [0.3, 0.4) is 0 Å². The highest BCUT2D eigenvalue weighted by atomic mass is 19.1. The van der Waals surface area contributed by atoms with Gasteiger partial charge in [0.25, 0.3) is 0 Å².